The molecule has 0 fully saturated rings. The van der Waals surface area contributed by atoms with Crippen LogP contribution >= 0.6 is 11.6 Å². The van der Waals surface area contributed by atoms with Crippen LogP contribution in [0.25, 0.3) is 0 Å². The summed E-state index contributed by atoms with van der Waals surface area (Å²) in [5, 5.41) is 0.683. The average Bonchev–Trinajstić information content (AvgIpc) is 2.27. The molecule has 0 amide bonds. The maximum absolute atomic E-state index is 6.11. The third-order valence-corrected chi connectivity index (χ3v) is 3.83. The van der Waals surface area contributed by atoms with Crippen LogP contribution in [0, 0.1) is 0 Å². The van der Waals surface area contributed by atoms with Gasteiger partial charge in [0.25, 0.3) is 0 Å². The largest absolute Gasteiger partial charge is 0.303 e. The van der Waals surface area contributed by atoms with Gasteiger partial charge in [-0.2, -0.15) is 0 Å². The van der Waals surface area contributed by atoms with Crippen LogP contribution in [0.3, 0.4) is 0 Å². The highest BCUT2D eigenvalue weighted by Gasteiger charge is 2.31. The Kier molecular flexibility index (Phi) is 4.89. The Morgan fingerprint density at radius 3 is 2.65 bits per heavy atom. The molecule has 1 heterocycles. The Hall–Kier alpha value is -0.680. The summed E-state index contributed by atoms with van der Waals surface area (Å²) in [6.07, 6.45) is 4.17. The van der Waals surface area contributed by atoms with Gasteiger partial charge in [0.2, 0.25) is 0 Å². The molecule has 5 heteroatoms. The molecule has 1 atom stereocenters. The number of hydrazine groups is 1. The van der Waals surface area contributed by atoms with Gasteiger partial charge in [-0.05, 0) is 46.0 Å². The molecule has 4 nitrogen and oxygen atoms in total. The van der Waals surface area contributed by atoms with Gasteiger partial charge in [0.15, 0.2) is 0 Å². The maximum Gasteiger partial charge on any atom is 0.0621 e. The molecule has 96 valence electrons. The molecule has 0 aliphatic rings. The van der Waals surface area contributed by atoms with Gasteiger partial charge >= 0.3 is 0 Å². The lowest BCUT2D eigenvalue weighted by Gasteiger charge is -2.40. The predicted molar refractivity (Wildman–Crippen MR) is 71.8 cm³/mol. The van der Waals surface area contributed by atoms with E-state index < -0.39 is 0 Å². The Morgan fingerprint density at radius 2 is 2.18 bits per heavy atom. The van der Waals surface area contributed by atoms with Gasteiger partial charge in [-0.25, -0.2) is 0 Å². The summed E-state index contributed by atoms with van der Waals surface area (Å²) in [5.41, 5.74) is 3.87. The first-order valence-corrected chi connectivity index (χ1v) is 5.99. The van der Waals surface area contributed by atoms with E-state index in [0.717, 1.165) is 12.0 Å². The Morgan fingerprint density at radius 1 is 1.53 bits per heavy atom. The van der Waals surface area contributed by atoms with Crippen molar-refractivity contribution in [3.8, 4) is 0 Å². The summed E-state index contributed by atoms with van der Waals surface area (Å²) in [5.74, 6) is 5.66. The third kappa shape index (κ3) is 3.39. The maximum atomic E-state index is 6.11. The molecule has 0 saturated heterocycles. The van der Waals surface area contributed by atoms with Crippen molar-refractivity contribution in [1.29, 1.82) is 0 Å². The normalized spacial score (nSPS) is 14.1. The fraction of sp³-hybridized carbons (Fsp3) is 0.583. The van der Waals surface area contributed by atoms with Gasteiger partial charge in [0, 0.05) is 24.0 Å². The number of rotatable bonds is 5. The van der Waals surface area contributed by atoms with Gasteiger partial charge in [0.05, 0.1) is 5.02 Å². The summed E-state index contributed by atoms with van der Waals surface area (Å²) >= 11 is 6.11. The van der Waals surface area contributed by atoms with E-state index in [9.17, 15) is 0 Å². The molecule has 0 aromatic carbocycles. The minimum absolute atomic E-state index is 0.0681. The first kappa shape index (κ1) is 14.4. The second-order valence-electron chi connectivity index (χ2n) is 4.94. The van der Waals surface area contributed by atoms with Crippen LogP contribution in [-0.2, 0) is 6.42 Å². The van der Waals surface area contributed by atoms with Crippen molar-refractivity contribution in [3.05, 3.63) is 29.0 Å². The van der Waals surface area contributed by atoms with Crippen LogP contribution in [-0.4, -0.2) is 35.6 Å². The van der Waals surface area contributed by atoms with Crippen molar-refractivity contribution >= 4 is 11.6 Å². The minimum Gasteiger partial charge on any atom is -0.303 e. The van der Waals surface area contributed by atoms with E-state index >= 15 is 0 Å². The Balaban J connectivity index is 2.88. The molecule has 1 aromatic rings. The monoisotopic (exact) mass is 256 g/mol. The molecule has 0 radical (unpaired) electrons. The molecule has 1 unspecified atom stereocenters. The number of likely N-dealkylation sites (N-methyl/N-ethyl adjacent to an activating group) is 1. The standard InChI is InChI=1S/C12H21ClN4/c1-12(2,17(3)4)11(16-14)7-9-5-6-15-8-10(9)13/h5-6,8,11,16H,7,14H2,1-4H3. The molecule has 1 rings (SSSR count). The SMILES string of the molecule is CN(C)C(C)(C)C(Cc1ccncc1Cl)NN. The van der Waals surface area contributed by atoms with Crippen LogP contribution in [0.4, 0.5) is 0 Å². The van der Waals surface area contributed by atoms with Gasteiger partial charge < -0.3 is 4.90 Å². The lowest BCUT2D eigenvalue weighted by molar-refractivity contribution is 0.137. The third-order valence-electron chi connectivity index (χ3n) is 3.49. The summed E-state index contributed by atoms with van der Waals surface area (Å²) in [6, 6.07) is 2.04. The number of nitrogens with zero attached hydrogens (tertiary/aromatic N) is 2. The van der Waals surface area contributed by atoms with Gasteiger partial charge in [-0.15, -0.1) is 0 Å². The van der Waals surface area contributed by atoms with Crippen LogP contribution in [0.15, 0.2) is 18.5 Å². The van der Waals surface area contributed by atoms with E-state index in [-0.39, 0.29) is 11.6 Å². The summed E-state index contributed by atoms with van der Waals surface area (Å²) in [7, 11) is 4.08. The molecule has 0 aliphatic heterocycles. The van der Waals surface area contributed by atoms with Gasteiger partial charge in [0.1, 0.15) is 0 Å². The molecule has 1 aromatic heterocycles. The van der Waals surface area contributed by atoms with Crippen molar-refractivity contribution in [1.82, 2.24) is 15.3 Å². The van der Waals surface area contributed by atoms with Gasteiger partial charge in [-0.3, -0.25) is 16.3 Å². The lowest BCUT2D eigenvalue weighted by Crippen LogP contribution is -2.58. The van der Waals surface area contributed by atoms with Crippen molar-refractivity contribution in [2.75, 3.05) is 14.1 Å². The van der Waals surface area contributed by atoms with E-state index in [2.05, 4.69) is 29.2 Å². The molecular weight excluding hydrogens is 236 g/mol. The number of hydrogen-bond acceptors (Lipinski definition) is 4. The van der Waals surface area contributed by atoms with Crippen LogP contribution < -0.4 is 11.3 Å². The molecule has 3 N–H and O–H groups in total. The highest BCUT2D eigenvalue weighted by Crippen LogP contribution is 2.22. The Labute approximate surface area is 108 Å². The van der Waals surface area contributed by atoms with E-state index in [0.29, 0.717) is 5.02 Å². The van der Waals surface area contributed by atoms with Gasteiger partial charge in [-0.1, -0.05) is 11.6 Å². The fourth-order valence-corrected chi connectivity index (χ4v) is 1.81. The number of aromatic nitrogens is 1. The fourth-order valence-electron chi connectivity index (χ4n) is 1.61. The minimum atomic E-state index is -0.0681. The first-order chi connectivity index (χ1) is 7.89. The molecule has 17 heavy (non-hydrogen) atoms. The second kappa shape index (κ2) is 5.78. The highest BCUT2D eigenvalue weighted by molar-refractivity contribution is 6.31. The van der Waals surface area contributed by atoms with Crippen molar-refractivity contribution < 1.29 is 0 Å². The number of hydrogen-bond donors (Lipinski definition) is 2. The smallest absolute Gasteiger partial charge is 0.0621 e. The van der Waals surface area contributed by atoms with E-state index in [4.69, 9.17) is 17.4 Å². The Bertz CT molecular complexity index is 365. The number of nitrogens with two attached hydrogens (primary N) is 1. The number of halogens is 1. The van der Waals surface area contributed by atoms with E-state index in [1.54, 1.807) is 12.4 Å². The predicted octanol–water partition coefficient (Wildman–Crippen LogP) is 1.45. The van der Waals surface area contributed by atoms with Crippen LogP contribution in [0.2, 0.25) is 5.02 Å². The van der Waals surface area contributed by atoms with Crippen molar-refractivity contribution in [2.45, 2.75) is 31.8 Å². The zero-order valence-electron chi connectivity index (χ0n) is 10.9. The first-order valence-electron chi connectivity index (χ1n) is 5.61. The van der Waals surface area contributed by atoms with Crippen molar-refractivity contribution in [2.24, 2.45) is 5.84 Å². The summed E-state index contributed by atoms with van der Waals surface area (Å²) in [6.45, 7) is 4.29. The van der Waals surface area contributed by atoms with Crippen molar-refractivity contribution in [3.63, 3.8) is 0 Å². The molecular formula is C12H21ClN4. The van der Waals surface area contributed by atoms with E-state index in [1.807, 2.05) is 20.2 Å². The summed E-state index contributed by atoms with van der Waals surface area (Å²) < 4.78 is 0. The number of nitrogens with one attached hydrogen (secondary N) is 1. The topological polar surface area (TPSA) is 54.2 Å². The zero-order valence-corrected chi connectivity index (χ0v) is 11.6. The molecule has 0 aliphatic carbocycles. The zero-order chi connectivity index (χ0) is 13.1. The second-order valence-corrected chi connectivity index (χ2v) is 5.35. The van der Waals surface area contributed by atoms with Crippen LogP contribution in [0.5, 0.6) is 0 Å². The summed E-state index contributed by atoms with van der Waals surface area (Å²) in [4.78, 5) is 6.13. The lowest BCUT2D eigenvalue weighted by atomic mass is 9.89. The van der Waals surface area contributed by atoms with Crippen LogP contribution in [0.1, 0.15) is 19.4 Å². The van der Waals surface area contributed by atoms with E-state index in [1.165, 1.54) is 0 Å². The number of pyridine rings is 1. The quantitative estimate of drug-likeness (QED) is 0.619. The molecule has 0 saturated carbocycles. The molecule has 0 spiro atoms. The highest BCUT2D eigenvalue weighted by atomic mass is 35.5. The molecule has 0 bridgehead atoms. The average molecular weight is 257 g/mol.